The van der Waals surface area contributed by atoms with Crippen LogP contribution in [0.15, 0.2) is 12.1 Å². The first-order valence-electron chi connectivity index (χ1n) is 4.62. The SMILES string of the molecule is O=C(O)c1cc(C(O)O)c(C(O)O)cc1C(=O)O. The maximum Gasteiger partial charge on any atom is 0.336 e. The average Bonchev–Trinajstić information content (AvgIpc) is 2.26. The molecule has 0 heterocycles. The van der Waals surface area contributed by atoms with Crippen LogP contribution in [0.5, 0.6) is 0 Å². The Hall–Kier alpha value is -2.00. The van der Waals surface area contributed by atoms with Crippen molar-refractivity contribution < 1.29 is 40.2 Å². The molecule has 8 nitrogen and oxygen atoms in total. The lowest BCUT2D eigenvalue weighted by molar-refractivity contribution is -0.0635. The highest BCUT2D eigenvalue weighted by Crippen LogP contribution is 2.26. The molecule has 98 valence electrons. The molecule has 8 heteroatoms. The quantitative estimate of drug-likeness (QED) is 0.377. The van der Waals surface area contributed by atoms with Gasteiger partial charge in [-0.2, -0.15) is 0 Å². The van der Waals surface area contributed by atoms with Gasteiger partial charge in [0.1, 0.15) is 0 Å². The fourth-order valence-electron chi connectivity index (χ4n) is 1.43. The van der Waals surface area contributed by atoms with Gasteiger partial charge in [-0.05, 0) is 12.1 Å². The third-order valence-corrected chi connectivity index (χ3v) is 2.24. The van der Waals surface area contributed by atoms with Crippen LogP contribution in [0.1, 0.15) is 44.4 Å². The van der Waals surface area contributed by atoms with Crippen LogP contribution in [0.4, 0.5) is 0 Å². The molecular weight excluding hydrogens is 248 g/mol. The van der Waals surface area contributed by atoms with Gasteiger partial charge in [0, 0.05) is 11.1 Å². The number of carboxylic acid groups (broad SMARTS) is 2. The lowest BCUT2D eigenvalue weighted by atomic mass is 9.97. The van der Waals surface area contributed by atoms with Gasteiger partial charge >= 0.3 is 11.9 Å². The minimum absolute atomic E-state index is 0.493. The molecule has 0 bridgehead atoms. The van der Waals surface area contributed by atoms with Gasteiger partial charge < -0.3 is 30.6 Å². The fourth-order valence-corrected chi connectivity index (χ4v) is 1.43. The van der Waals surface area contributed by atoms with Gasteiger partial charge in [-0.3, -0.25) is 0 Å². The highest BCUT2D eigenvalue weighted by molar-refractivity contribution is 6.02. The summed E-state index contributed by atoms with van der Waals surface area (Å²) < 4.78 is 0. The topological polar surface area (TPSA) is 156 Å². The van der Waals surface area contributed by atoms with Gasteiger partial charge in [-0.15, -0.1) is 0 Å². The van der Waals surface area contributed by atoms with Gasteiger partial charge in [-0.1, -0.05) is 0 Å². The van der Waals surface area contributed by atoms with Gasteiger partial charge in [0.15, 0.2) is 12.6 Å². The molecule has 1 aromatic rings. The fraction of sp³-hybridized carbons (Fsp3) is 0.200. The van der Waals surface area contributed by atoms with E-state index < -0.39 is 46.8 Å². The minimum atomic E-state index is -2.16. The Kier molecular flexibility index (Phi) is 3.99. The van der Waals surface area contributed by atoms with Crippen molar-refractivity contribution in [2.75, 3.05) is 0 Å². The molecule has 0 spiro atoms. The predicted octanol–water partition coefficient (Wildman–Crippen LogP) is -0.951. The van der Waals surface area contributed by atoms with Crippen molar-refractivity contribution in [3.8, 4) is 0 Å². The van der Waals surface area contributed by atoms with E-state index in [1.54, 1.807) is 0 Å². The molecule has 0 aromatic heterocycles. The van der Waals surface area contributed by atoms with Crippen LogP contribution in [0.25, 0.3) is 0 Å². The average molecular weight is 258 g/mol. The molecule has 0 unspecified atom stereocenters. The Morgan fingerprint density at radius 2 is 1.06 bits per heavy atom. The van der Waals surface area contributed by atoms with Gasteiger partial charge in [0.05, 0.1) is 11.1 Å². The second-order valence-electron chi connectivity index (χ2n) is 3.38. The molecule has 0 fully saturated rings. The number of rotatable bonds is 4. The van der Waals surface area contributed by atoms with Crippen molar-refractivity contribution in [3.05, 3.63) is 34.4 Å². The van der Waals surface area contributed by atoms with Crippen LogP contribution in [-0.2, 0) is 0 Å². The van der Waals surface area contributed by atoms with E-state index in [2.05, 4.69) is 0 Å². The molecule has 0 amide bonds. The zero-order chi connectivity index (χ0) is 14.0. The summed E-state index contributed by atoms with van der Waals surface area (Å²) in [5.74, 6) is -3.18. The standard InChI is InChI=1S/C10H10O8/c11-7(12)3-1-4(8(13)14)6(10(17)18)2-5(3)9(15)16/h1-2,7,9,11-12,15-16H,(H,13,14)(H,17,18). The third-order valence-electron chi connectivity index (χ3n) is 2.24. The van der Waals surface area contributed by atoms with Crippen LogP contribution in [-0.4, -0.2) is 42.6 Å². The molecular formula is C10H10O8. The number of hydrogen-bond donors (Lipinski definition) is 6. The Morgan fingerprint density at radius 3 is 1.22 bits per heavy atom. The number of benzene rings is 1. The Bertz CT molecular complexity index is 446. The van der Waals surface area contributed by atoms with Crippen molar-refractivity contribution in [1.82, 2.24) is 0 Å². The van der Waals surface area contributed by atoms with Gasteiger partial charge in [-0.25, -0.2) is 9.59 Å². The van der Waals surface area contributed by atoms with E-state index in [9.17, 15) is 9.59 Å². The maximum absolute atomic E-state index is 10.8. The predicted molar refractivity (Wildman–Crippen MR) is 54.7 cm³/mol. The van der Waals surface area contributed by atoms with Gasteiger partial charge in [0.2, 0.25) is 0 Å². The van der Waals surface area contributed by atoms with Gasteiger partial charge in [0.25, 0.3) is 0 Å². The second-order valence-corrected chi connectivity index (χ2v) is 3.38. The first-order chi connectivity index (χ1) is 8.25. The van der Waals surface area contributed by atoms with E-state index in [4.69, 9.17) is 30.6 Å². The number of carbonyl (C=O) groups is 2. The molecule has 0 atom stereocenters. The third kappa shape index (κ3) is 2.63. The van der Waals surface area contributed by atoms with Crippen molar-refractivity contribution in [2.24, 2.45) is 0 Å². The highest BCUT2D eigenvalue weighted by Gasteiger charge is 2.24. The lowest BCUT2D eigenvalue weighted by Crippen LogP contribution is -2.14. The molecule has 6 N–H and O–H groups in total. The first-order valence-corrected chi connectivity index (χ1v) is 4.62. The summed E-state index contributed by atoms with van der Waals surface area (Å²) in [6, 6.07) is 1.34. The van der Waals surface area contributed by atoms with Crippen LogP contribution >= 0.6 is 0 Å². The van der Waals surface area contributed by atoms with E-state index in [1.165, 1.54) is 0 Å². The summed E-state index contributed by atoms with van der Waals surface area (Å²) in [5, 5.41) is 53.5. The van der Waals surface area contributed by atoms with E-state index in [0.29, 0.717) is 12.1 Å². The van der Waals surface area contributed by atoms with Crippen molar-refractivity contribution in [2.45, 2.75) is 12.6 Å². The summed E-state index contributed by atoms with van der Waals surface area (Å²) in [7, 11) is 0. The van der Waals surface area contributed by atoms with E-state index in [1.807, 2.05) is 0 Å². The second kappa shape index (κ2) is 5.10. The lowest BCUT2D eigenvalue weighted by Gasteiger charge is -2.15. The van der Waals surface area contributed by atoms with E-state index in [-0.39, 0.29) is 0 Å². The van der Waals surface area contributed by atoms with Crippen LogP contribution in [0.3, 0.4) is 0 Å². The first kappa shape index (κ1) is 14.1. The Labute approximate surface area is 100.0 Å². The molecule has 1 rings (SSSR count). The molecule has 0 saturated heterocycles. The summed E-state index contributed by atoms with van der Waals surface area (Å²) in [6.45, 7) is 0. The molecule has 0 saturated carbocycles. The monoisotopic (exact) mass is 258 g/mol. The highest BCUT2D eigenvalue weighted by atomic mass is 16.5. The smallest absolute Gasteiger partial charge is 0.336 e. The summed E-state index contributed by atoms with van der Waals surface area (Å²) in [4.78, 5) is 21.7. The van der Waals surface area contributed by atoms with Crippen LogP contribution < -0.4 is 0 Å². The number of carboxylic acids is 2. The summed E-state index contributed by atoms with van der Waals surface area (Å²) >= 11 is 0. The number of aliphatic hydroxyl groups is 4. The zero-order valence-corrected chi connectivity index (χ0v) is 8.81. The molecule has 0 radical (unpaired) electrons. The summed E-state index contributed by atoms with van der Waals surface area (Å²) in [5.41, 5.74) is -2.36. The van der Waals surface area contributed by atoms with Crippen molar-refractivity contribution in [1.29, 1.82) is 0 Å². The molecule has 0 aliphatic heterocycles. The van der Waals surface area contributed by atoms with Crippen molar-refractivity contribution >= 4 is 11.9 Å². The largest absolute Gasteiger partial charge is 0.478 e. The maximum atomic E-state index is 10.8. The molecule has 1 aromatic carbocycles. The number of aliphatic hydroxyl groups excluding tert-OH is 2. The Balaban J connectivity index is 3.60. The minimum Gasteiger partial charge on any atom is -0.478 e. The number of hydrogen-bond acceptors (Lipinski definition) is 6. The van der Waals surface area contributed by atoms with Crippen molar-refractivity contribution in [3.63, 3.8) is 0 Å². The van der Waals surface area contributed by atoms with Crippen LogP contribution in [0.2, 0.25) is 0 Å². The normalized spacial score (nSPS) is 11.0. The zero-order valence-electron chi connectivity index (χ0n) is 8.81. The molecule has 18 heavy (non-hydrogen) atoms. The van der Waals surface area contributed by atoms with Crippen LogP contribution in [0, 0.1) is 0 Å². The summed E-state index contributed by atoms with van der Waals surface area (Å²) in [6.07, 6.45) is -4.33. The molecule has 0 aliphatic rings. The number of aromatic carboxylic acids is 2. The Morgan fingerprint density at radius 1 is 0.778 bits per heavy atom. The van der Waals surface area contributed by atoms with E-state index >= 15 is 0 Å². The molecule has 0 aliphatic carbocycles. The van der Waals surface area contributed by atoms with E-state index in [0.717, 1.165) is 0 Å².